The quantitative estimate of drug-likeness (QED) is 0.920. The third-order valence-electron chi connectivity index (χ3n) is 3.58. The van der Waals surface area contributed by atoms with E-state index in [0.717, 1.165) is 32.7 Å². The van der Waals surface area contributed by atoms with E-state index in [1.54, 1.807) is 12.1 Å². The smallest absolute Gasteiger partial charge is 0.321 e. The Morgan fingerprint density at radius 3 is 2.45 bits per heavy atom. The molecule has 1 saturated heterocycles. The Morgan fingerprint density at radius 1 is 1.20 bits per heavy atom. The Kier molecular flexibility index (Phi) is 5.35. The molecule has 2 rings (SSSR count). The Labute approximate surface area is 119 Å². The van der Waals surface area contributed by atoms with Crippen molar-refractivity contribution in [2.24, 2.45) is 0 Å². The van der Waals surface area contributed by atoms with Crippen molar-refractivity contribution in [1.82, 2.24) is 9.80 Å². The van der Waals surface area contributed by atoms with Crippen LogP contribution in [-0.4, -0.2) is 48.6 Å². The van der Waals surface area contributed by atoms with E-state index in [1.165, 1.54) is 25.0 Å². The van der Waals surface area contributed by atoms with Gasteiger partial charge in [-0.2, -0.15) is 0 Å². The topological polar surface area (TPSA) is 35.6 Å². The number of benzene rings is 1. The second-order valence-electron chi connectivity index (χ2n) is 5.12. The minimum Gasteiger partial charge on any atom is -0.322 e. The van der Waals surface area contributed by atoms with Crippen LogP contribution < -0.4 is 5.32 Å². The summed E-state index contributed by atoms with van der Waals surface area (Å²) in [6, 6.07) is 5.73. The molecule has 1 aromatic carbocycles. The maximum Gasteiger partial charge on any atom is 0.321 e. The molecule has 0 unspecified atom stereocenters. The molecule has 1 fully saturated rings. The molecule has 0 saturated carbocycles. The first-order valence-corrected chi connectivity index (χ1v) is 7.23. The number of amides is 2. The van der Waals surface area contributed by atoms with Crippen LogP contribution >= 0.6 is 0 Å². The van der Waals surface area contributed by atoms with Gasteiger partial charge in [0, 0.05) is 31.9 Å². The van der Waals surface area contributed by atoms with Gasteiger partial charge in [0.15, 0.2) is 0 Å². The van der Waals surface area contributed by atoms with Gasteiger partial charge in [0.1, 0.15) is 5.82 Å². The van der Waals surface area contributed by atoms with Crippen molar-refractivity contribution < 1.29 is 9.18 Å². The molecule has 0 bridgehead atoms. The molecule has 1 N–H and O–H groups in total. The maximum atomic E-state index is 12.8. The van der Waals surface area contributed by atoms with E-state index in [4.69, 9.17) is 0 Å². The van der Waals surface area contributed by atoms with E-state index in [1.807, 2.05) is 4.90 Å². The summed E-state index contributed by atoms with van der Waals surface area (Å²) < 4.78 is 12.8. The van der Waals surface area contributed by atoms with Crippen LogP contribution in [0.5, 0.6) is 0 Å². The molecule has 2 amide bonds. The molecular weight excluding hydrogens is 257 g/mol. The predicted octanol–water partition coefficient (Wildman–Crippen LogP) is 2.78. The summed E-state index contributed by atoms with van der Waals surface area (Å²) in [6.07, 6.45) is 2.41. The average Bonchev–Trinajstić information content (AvgIpc) is 2.48. The number of halogens is 1. The first-order chi connectivity index (χ1) is 9.69. The van der Waals surface area contributed by atoms with E-state index < -0.39 is 0 Å². The van der Waals surface area contributed by atoms with E-state index in [-0.39, 0.29) is 11.8 Å². The lowest BCUT2D eigenvalue weighted by Gasteiger charge is -2.34. The fraction of sp³-hybridized carbons (Fsp3) is 0.533. The lowest BCUT2D eigenvalue weighted by molar-refractivity contribution is 0.146. The number of carbonyl (C=O) groups is 1. The molecule has 1 heterocycles. The monoisotopic (exact) mass is 279 g/mol. The van der Waals surface area contributed by atoms with Gasteiger partial charge < -0.3 is 10.2 Å². The number of nitrogens with one attached hydrogen (secondary N) is 1. The van der Waals surface area contributed by atoms with Gasteiger partial charge in [-0.05, 0) is 37.2 Å². The Morgan fingerprint density at radius 2 is 1.85 bits per heavy atom. The summed E-state index contributed by atoms with van der Waals surface area (Å²) in [7, 11) is 0. The molecule has 0 radical (unpaired) electrons. The standard InChI is InChI=1S/C15H22FN3O/c1-2-3-8-18-9-11-19(12-10-18)15(20)17-14-6-4-13(16)5-7-14/h4-7H,2-3,8-12H2,1H3,(H,17,20). The normalized spacial score (nSPS) is 16.2. The number of anilines is 1. The van der Waals surface area contributed by atoms with Crippen LogP contribution in [0.15, 0.2) is 24.3 Å². The summed E-state index contributed by atoms with van der Waals surface area (Å²) in [5.41, 5.74) is 0.629. The molecule has 0 atom stereocenters. The van der Waals surface area contributed by atoms with Crippen molar-refractivity contribution in [3.63, 3.8) is 0 Å². The number of hydrogen-bond donors (Lipinski definition) is 1. The fourth-order valence-corrected chi connectivity index (χ4v) is 2.29. The summed E-state index contributed by atoms with van der Waals surface area (Å²) >= 11 is 0. The summed E-state index contributed by atoms with van der Waals surface area (Å²) in [5, 5.41) is 2.80. The predicted molar refractivity (Wildman–Crippen MR) is 78.3 cm³/mol. The number of rotatable bonds is 4. The first-order valence-electron chi connectivity index (χ1n) is 7.23. The van der Waals surface area contributed by atoms with Crippen LogP contribution in [-0.2, 0) is 0 Å². The zero-order valence-electron chi connectivity index (χ0n) is 11.9. The molecule has 0 aliphatic carbocycles. The van der Waals surface area contributed by atoms with E-state index >= 15 is 0 Å². The van der Waals surface area contributed by atoms with Gasteiger partial charge in [-0.25, -0.2) is 9.18 Å². The van der Waals surface area contributed by atoms with Gasteiger partial charge in [-0.1, -0.05) is 13.3 Å². The molecule has 20 heavy (non-hydrogen) atoms. The molecule has 110 valence electrons. The zero-order valence-corrected chi connectivity index (χ0v) is 11.9. The van der Waals surface area contributed by atoms with Crippen molar-refractivity contribution >= 4 is 11.7 Å². The van der Waals surface area contributed by atoms with Gasteiger partial charge in [-0.15, -0.1) is 0 Å². The van der Waals surface area contributed by atoms with Gasteiger partial charge in [-0.3, -0.25) is 4.90 Å². The van der Waals surface area contributed by atoms with E-state index in [0.29, 0.717) is 5.69 Å². The highest BCUT2D eigenvalue weighted by atomic mass is 19.1. The number of piperazine rings is 1. The maximum absolute atomic E-state index is 12.8. The highest BCUT2D eigenvalue weighted by Gasteiger charge is 2.20. The number of urea groups is 1. The van der Waals surface area contributed by atoms with Gasteiger partial charge in [0.2, 0.25) is 0 Å². The highest BCUT2D eigenvalue weighted by Crippen LogP contribution is 2.11. The van der Waals surface area contributed by atoms with Gasteiger partial charge in [0.25, 0.3) is 0 Å². The van der Waals surface area contributed by atoms with Crippen molar-refractivity contribution in [3.05, 3.63) is 30.1 Å². The van der Waals surface area contributed by atoms with Crippen molar-refractivity contribution in [1.29, 1.82) is 0 Å². The highest BCUT2D eigenvalue weighted by molar-refractivity contribution is 5.89. The molecular formula is C15H22FN3O. The van der Waals surface area contributed by atoms with E-state index in [9.17, 15) is 9.18 Å². The number of unbranched alkanes of at least 4 members (excludes halogenated alkanes) is 1. The molecule has 1 aliphatic rings. The van der Waals surface area contributed by atoms with Crippen LogP contribution in [0, 0.1) is 5.82 Å². The van der Waals surface area contributed by atoms with E-state index in [2.05, 4.69) is 17.1 Å². The van der Waals surface area contributed by atoms with Crippen LogP contribution in [0.1, 0.15) is 19.8 Å². The van der Waals surface area contributed by atoms with Gasteiger partial charge >= 0.3 is 6.03 Å². The first kappa shape index (κ1) is 14.8. The fourth-order valence-electron chi connectivity index (χ4n) is 2.29. The third kappa shape index (κ3) is 4.20. The summed E-state index contributed by atoms with van der Waals surface area (Å²) in [6.45, 7) is 6.65. The van der Waals surface area contributed by atoms with Gasteiger partial charge in [0.05, 0.1) is 0 Å². The Balaban J connectivity index is 1.78. The zero-order chi connectivity index (χ0) is 14.4. The molecule has 0 spiro atoms. The SMILES string of the molecule is CCCCN1CCN(C(=O)Nc2ccc(F)cc2)CC1. The van der Waals surface area contributed by atoms with Crippen LogP contribution in [0.4, 0.5) is 14.9 Å². The summed E-state index contributed by atoms with van der Waals surface area (Å²) in [5.74, 6) is -0.299. The Hall–Kier alpha value is -1.62. The number of hydrogen-bond acceptors (Lipinski definition) is 2. The molecule has 0 aromatic heterocycles. The Bertz CT molecular complexity index is 427. The molecule has 4 nitrogen and oxygen atoms in total. The van der Waals surface area contributed by atoms with Crippen LogP contribution in [0.2, 0.25) is 0 Å². The molecule has 1 aliphatic heterocycles. The van der Waals surface area contributed by atoms with Crippen LogP contribution in [0.3, 0.4) is 0 Å². The largest absolute Gasteiger partial charge is 0.322 e. The van der Waals surface area contributed by atoms with Crippen molar-refractivity contribution in [2.75, 3.05) is 38.0 Å². The third-order valence-corrected chi connectivity index (χ3v) is 3.58. The second-order valence-corrected chi connectivity index (χ2v) is 5.12. The van der Waals surface area contributed by atoms with Crippen molar-refractivity contribution in [2.45, 2.75) is 19.8 Å². The average molecular weight is 279 g/mol. The number of nitrogens with zero attached hydrogens (tertiary/aromatic N) is 2. The lowest BCUT2D eigenvalue weighted by atomic mass is 10.2. The van der Waals surface area contributed by atoms with Crippen molar-refractivity contribution in [3.8, 4) is 0 Å². The van der Waals surface area contributed by atoms with Crippen LogP contribution in [0.25, 0.3) is 0 Å². The minimum absolute atomic E-state index is 0.105. The number of carbonyl (C=O) groups excluding carboxylic acids is 1. The molecule has 1 aromatic rings. The second kappa shape index (κ2) is 7.24. The minimum atomic E-state index is -0.299. The lowest BCUT2D eigenvalue weighted by Crippen LogP contribution is -2.50. The summed E-state index contributed by atoms with van der Waals surface area (Å²) in [4.78, 5) is 16.3. The molecule has 5 heteroatoms.